The molecule has 1 aromatic heterocycles. The van der Waals surface area contributed by atoms with Gasteiger partial charge in [-0.25, -0.2) is 8.42 Å². The molecule has 1 amide bonds. The van der Waals surface area contributed by atoms with Gasteiger partial charge in [-0.2, -0.15) is 0 Å². The minimum atomic E-state index is -3.60. The predicted molar refractivity (Wildman–Crippen MR) is 109 cm³/mol. The number of carbonyl (C=O) groups is 1. The van der Waals surface area contributed by atoms with Crippen LogP contribution in [0.4, 0.5) is 5.69 Å². The summed E-state index contributed by atoms with van der Waals surface area (Å²) in [5, 5.41) is 0.423. The highest BCUT2D eigenvalue weighted by Gasteiger charge is 2.28. The molecule has 0 radical (unpaired) electrons. The molecule has 0 aliphatic carbocycles. The van der Waals surface area contributed by atoms with Gasteiger partial charge in [-0.15, -0.1) is 0 Å². The fraction of sp³-hybridized carbons (Fsp3) is 0.368. The van der Waals surface area contributed by atoms with Crippen LogP contribution < -0.4 is 9.21 Å². The van der Waals surface area contributed by atoms with E-state index in [1.807, 2.05) is 12.1 Å². The van der Waals surface area contributed by atoms with Crippen LogP contribution >= 0.6 is 11.6 Å². The van der Waals surface area contributed by atoms with E-state index in [2.05, 4.69) is 4.98 Å². The largest absolute Gasteiger partial charge is 0.330 e. The van der Waals surface area contributed by atoms with Crippen LogP contribution in [0.15, 0.2) is 48.8 Å². The van der Waals surface area contributed by atoms with Crippen molar-refractivity contribution in [2.24, 2.45) is 0 Å². The molecule has 0 spiro atoms. The zero-order valence-corrected chi connectivity index (χ0v) is 17.3. The number of anilines is 1. The number of rotatable bonds is 6. The molecule has 1 N–H and O–H groups in total. The lowest BCUT2D eigenvalue weighted by molar-refractivity contribution is -0.917. The van der Waals surface area contributed by atoms with Crippen LogP contribution in [-0.4, -0.2) is 63.2 Å². The molecule has 28 heavy (non-hydrogen) atoms. The maximum atomic E-state index is 12.7. The van der Waals surface area contributed by atoms with Crippen LogP contribution in [0.2, 0.25) is 5.02 Å². The van der Waals surface area contributed by atoms with E-state index in [1.165, 1.54) is 10.5 Å². The van der Waals surface area contributed by atoms with Gasteiger partial charge in [-0.3, -0.25) is 14.1 Å². The normalized spacial score (nSPS) is 15.4. The van der Waals surface area contributed by atoms with Crippen molar-refractivity contribution in [3.05, 3.63) is 59.4 Å². The lowest BCUT2D eigenvalue weighted by Gasteiger charge is -2.33. The first kappa shape index (κ1) is 20.6. The van der Waals surface area contributed by atoms with Gasteiger partial charge in [0, 0.05) is 23.0 Å². The maximum Gasteiger partial charge on any atom is 0.243 e. The molecule has 0 atom stereocenters. The van der Waals surface area contributed by atoms with Gasteiger partial charge >= 0.3 is 0 Å². The fourth-order valence-corrected chi connectivity index (χ4v) is 4.32. The van der Waals surface area contributed by atoms with E-state index in [0.717, 1.165) is 30.2 Å². The molecule has 9 heteroatoms. The topological polar surface area (TPSA) is 75.0 Å². The Balaban J connectivity index is 1.61. The van der Waals surface area contributed by atoms with E-state index >= 15 is 0 Å². The quantitative estimate of drug-likeness (QED) is 0.731. The Hall–Kier alpha value is -2.16. The molecule has 1 aliphatic rings. The number of aromatic nitrogens is 1. The molecule has 0 unspecified atom stereocenters. The van der Waals surface area contributed by atoms with Crippen molar-refractivity contribution in [1.82, 2.24) is 9.88 Å². The maximum absolute atomic E-state index is 12.7. The smallest absolute Gasteiger partial charge is 0.243 e. The number of hydrogen-bond acceptors (Lipinski definition) is 4. The van der Waals surface area contributed by atoms with E-state index in [0.29, 0.717) is 23.8 Å². The standard InChI is InChI=1S/C19H23ClN4O3S/c1-28(26,27)24(18-4-2-3-17(20)13-18)15-19(25)23-11-9-22(10-12-23)14-16-5-7-21-8-6-16/h2-8,13H,9-12,14-15H2,1H3/p+1. The fourth-order valence-electron chi connectivity index (χ4n) is 3.29. The zero-order valence-electron chi connectivity index (χ0n) is 15.7. The van der Waals surface area contributed by atoms with Crippen LogP contribution in [0, 0.1) is 0 Å². The molecule has 1 aliphatic heterocycles. The average Bonchev–Trinajstić information content (AvgIpc) is 2.66. The van der Waals surface area contributed by atoms with Crippen molar-refractivity contribution in [2.75, 3.05) is 43.3 Å². The average molecular weight is 424 g/mol. The van der Waals surface area contributed by atoms with E-state index in [9.17, 15) is 13.2 Å². The second-order valence-corrected chi connectivity index (χ2v) is 9.26. The Labute approximate surface area is 170 Å². The summed E-state index contributed by atoms with van der Waals surface area (Å²) >= 11 is 5.98. The number of carbonyl (C=O) groups excluding carboxylic acids is 1. The molecule has 150 valence electrons. The Morgan fingerprint density at radius 3 is 2.50 bits per heavy atom. The second-order valence-electron chi connectivity index (χ2n) is 6.91. The lowest BCUT2D eigenvalue weighted by Crippen LogP contribution is -3.13. The highest BCUT2D eigenvalue weighted by atomic mass is 35.5. The highest BCUT2D eigenvalue weighted by Crippen LogP contribution is 2.21. The SMILES string of the molecule is CS(=O)(=O)N(CC(=O)N1CC[NH+](Cc2ccncc2)CC1)c1cccc(Cl)c1. The number of hydrogen-bond donors (Lipinski definition) is 1. The van der Waals surface area contributed by atoms with Gasteiger partial charge in [0.2, 0.25) is 15.9 Å². The summed E-state index contributed by atoms with van der Waals surface area (Å²) in [6, 6.07) is 10.5. The number of pyridine rings is 1. The Morgan fingerprint density at radius 2 is 1.89 bits per heavy atom. The number of nitrogens with zero attached hydrogens (tertiary/aromatic N) is 3. The molecule has 1 fully saturated rings. The van der Waals surface area contributed by atoms with E-state index < -0.39 is 10.0 Å². The van der Waals surface area contributed by atoms with Crippen LogP contribution in [0.25, 0.3) is 0 Å². The summed E-state index contributed by atoms with van der Waals surface area (Å²) in [7, 11) is -3.60. The van der Waals surface area contributed by atoms with Crippen LogP contribution in [0.3, 0.4) is 0 Å². The number of halogens is 1. The first-order chi connectivity index (χ1) is 13.3. The molecule has 0 saturated carbocycles. The summed E-state index contributed by atoms with van der Waals surface area (Å²) in [4.78, 5) is 19.9. The second kappa shape index (κ2) is 8.89. The van der Waals surface area contributed by atoms with Gasteiger partial charge in [0.1, 0.15) is 13.1 Å². The van der Waals surface area contributed by atoms with E-state index in [-0.39, 0.29) is 12.5 Å². The van der Waals surface area contributed by atoms with Gasteiger partial charge in [-0.1, -0.05) is 17.7 Å². The molecule has 2 heterocycles. The molecule has 1 aromatic carbocycles. The number of nitrogens with one attached hydrogen (secondary N) is 1. The molecule has 0 bridgehead atoms. The van der Waals surface area contributed by atoms with Crippen molar-refractivity contribution in [3.63, 3.8) is 0 Å². The first-order valence-corrected chi connectivity index (χ1v) is 11.3. The molecule has 1 saturated heterocycles. The molecular weight excluding hydrogens is 400 g/mol. The minimum absolute atomic E-state index is 0.201. The Kier molecular flexibility index (Phi) is 6.53. The van der Waals surface area contributed by atoms with Gasteiger partial charge in [0.25, 0.3) is 0 Å². The van der Waals surface area contributed by atoms with Gasteiger partial charge in [0.05, 0.1) is 38.1 Å². The summed E-state index contributed by atoms with van der Waals surface area (Å²) in [6.07, 6.45) is 4.66. The Morgan fingerprint density at radius 1 is 1.21 bits per heavy atom. The van der Waals surface area contributed by atoms with Crippen LogP contribution in [0.5, 0.6) is 0 Å². The monoisotopic (exact) mass is 423 g/mol. The van der Waals surface area contributed by atoms with Crippen LogP contribution in [0.1, 0.15) is 5.56 Å². The predicted octanol–water partition coefficient (Wildman–Crippen LogP) is 0.428. The summed E-state index contributed by atoms with van der Waals surface area (Å²) in [5.74, 6) is -0.201. The molecule has 7 nitrogen and oxygen atoms in total. The highest BCUT2D eigenvalue weighted by molar-refractivity contribution is 7.92. The summed E-state index contributed by atoms with van der Waals surface area (Å²) < 4.78 is 25.5. The third kappa shape index (κ3) is 5.43. The summed E-state index contributed by atoms with van der Waals surface area (Å²) in [6.45, 7) is 3.52. The van der Waals surface area contributed by atoms with Crippen molar-refractivity contribution in [2.45, 2.75) is 6.54 Å². The number of benzene rings is 1. The van der Waals surface area contributed by atoms with Gasteiger partial charge in [0.15, 0.2) is 0 Å². The van der Waals surface area contributed by atoms with Gasteiger partial charge in [-0.05, 0) is 30.3 Å². The zero-order chi connectivity index (χ0) is 20.1. The van der Waals surface area contributed by atoms with Crippen molar-refractivity contribution >= 4 is 33.2 Å². The molecular formula is C19H24ClN4O3S+. The van der Waals surface area contributed by atoms with E-state index in [4.69, 9.17) is 11.6 Å². The lowest BCUT2D eigenvalue weighted by atomic mass is 10.2. The third-order valence-corrected chi connectivity index (χ3v) is 6.18. The van der Waals surface area contributed by atoms with Crippen molar-refractivity contribution < 1.29 is 18.1 Å². The number of quaternary nitrogens is 1. The number of piperazine rings is 1. The number of sulfonamides is 1. The molecule has 2 aromatic rings. The molecule has 3 rings (SSSR count). The van der Waals surface area contributed by atoms with Crippen molar-refractivity contribution in [1.29, 1.82) is 0 Å². The minimum Gasteiger partial charge on any atom is -0.330 e. The van der Waals surface area contributed by atoms with Crippen LogP contribution in [-0.2, 0) is 21.4 Å². The number of amides is 1. The third-order valence-electron chi connectivity index (χ3n) is 4.80. The van der Waals surface area contributed by atoms with Gasteiger partial charge < -0.3 is 9.80 Å². The Bertz CT molecular complexity index is 916. The van der Waals surface area contributed by atoms with Crippen molar-refractivity contribution in [3.8, 4) is 0 Å². The summed E-state index contributed by atoms with van der Waals surface area (Å²) in [5.41, 5.74) is 1.61. The van der Waals surface area contributed by atoms with E-state index in [1.54, 1.807) is 41.6 Å². The first-order valence-electron chi connectivity index (χ1n) is 9.06.